The topological polar surface area (TPSA) is 58.0 Å². The van der Waals surface area contributed by atoms with E-state index in [0.717, 1.165) is 18.4 Å². The van der Waals surface area contributed by atoms with E-state index in [0.29, 0.717) is 16.5 Å². The van der Waals surface area contributed by atoms with Crippen molar-refractivity contribution in [2.24, 2.45) is 0 Å². The smallest absolute Gasteiger partial charge is 0.132 e. The summed E-state index contributed by atoms with van der Waals surface area (Å²) in [7, 11) is 1.79. The average Bonchev–Trinajstić information content (AvgIpc) is 3.11. The van der Waals surface area contributed by atoms with Gasteiger partial charge in [-0.2, -0.15) is 0 Å². The van der Waals surface area contributed by atoms with Crippen molar-refractivity contribution < 1.29 is 4.74 Å². The van der Waals surface area contributed by atoms with E-state index in [-0.39, 0.29) is 6.10 Å². The van der Waals surface area contributed by atoms with Crippen molar-refractivity contribution in [3.8, 4) is 5.75 Å². The summed E-state index contributed by atoms with van der Waals surface area (Å²) in [6.07, 6.45) is 7.07. The molecule has 0 spiro atoms. The summed E-state index contributed by atoms with van der Waals surface area (Å²) in [5, 5.41) is 10.7. The monoisotopic (exact) mass is 251 g/mol. The molecule has 1 saturated carbocycles. The number of ether oxygens (including phenoxy) is 1. The lowest BCUT2D eigenvalue weighted by atomic mass is 10.1. The van der Waals surface area contributed by atoms with E-state index < -0.39 is 0 Å². The molecule has 0 radical (unpaired) electrons. The van der Waals surface area contributed by atoms with Crippen molar-refractivity contribution >= 4 is 23.4 Å². The van der Waals surface area contributed by atoms with Crippen molar-refractivity contribution in [2.75, 3.05) is 7.05 Å². The zero-order valence-electron chi connectivity index (χ0n) is 9.53. The summed E-state index contributed by atoms with van der Waals surface area (Å²) in [6.45, 7) is 0. The highest BCUT2D eigenvalue weighted by Gasteiger charge is 2.25. The minimum absolute atomic E-state index is 0.286. The van der Waals surface area contributed by atoms with E-state index in [9.17, 15) is 0 Å². The fraction of sp³-hybridized carbons (Fsp3) is 0.333. The Kier molecular flexibility index (Phi) is 3.64. The Morgan fingerprint density at radius 1 is 1.65 bits per heavy atom. The first-order chi connectivity index (χ1) is 8.24. The lowest BCUT2D eigenvalue weighted by molar-refractivity contribution is 0.302. The second kappa shape index (κ2) is 5.19. The summed E-state index contributed by atoms with van der Waals surface area (Å²) >= 11 is 5.86. The van der Waals surface area contributed by atoms with E-state index in [1.165, 1.54) is 6.21 Å². The van der Waals surface area contributed by atoms with Gasteiger partial charge in [-0.15, -0.1) is 0 Å². The highest BCUT2D eigenvalue weighted by molar-refractivity contribution is 6.29. The quantitative estimate of drug-likeness (QED) is 0.624. The van der Waals surface area contributed by atoms with Crippen molar-refractivity contribution in [1.29, 1.82) is 5.41 Å². The average molecular weight is 252 g/mol. The van der Waals surface area contributed by atoms with Crippen LogP contribution >= 0.6 is 11.6 Å². The van der Waals surface area contributed by atoms with E-state index in [2.05, 4.69) is 10.3 Å². The van der Waals surface area contributed by atoms with Crippen LogP contribution in [-0.4, -0.2) is 24.4 Å². The molecule has 1 aromatic heterocycles. The summed E-state index contributed by atoms with van der Waals surface area (Å²) < 4.78 is 5.77. The van der Waals surface area contributed by atoms with Gasteiger partial charge in [-0.1, -0.05) is 11.6 Å². The van der Waals surface area contributed by atoms with Crippen molar-refractivity contribution in [3.05, 3.63) is 29.2 Å². The van der Waals surface area contributed by atoms with Gasteiger partial charge in [0.05, 0.1) is 6.10 Å². The standard InChI is InChI=1S/C12H14ClN3O/c1-15-6-8(5-14)10-7-16-12(13)4-11(10)17-9-2-3-9/h4-7,9,14-15H,2-3H2,1H3/b8-6+,14-5?. The minimum Gasteiger partial charge on any atom is -0.490 e. The van der Waals surface area contributed by atoms with Gasteiger partial charge < -0.3 is 15.5 Å². The molecule has 1 heterocycles. The Morgan fingerprint density at radius 3 is 3.00 bits per heavy atom. The molecule has 0 aromatic carbocycles. The van der Waals surface area contributed by atoms with Crippen LogP contribution in [0, 0.1) is 5.41 Å². The first-order valence-corrected chi connectivity index (χ1v) is 5.83. The van der Waals surface area contributed by atoms with Gasteiger partial charge in [0.15, 0.2) is 0 Å². The van der Waals surface area contributed by atoms with Gasteiger partial charge in [-0.05, 0) is 12.8 Å². The number of nitrogens with zero attached hydrogens (tertiary/aromatic N) is 1. The summed E-state index contributed by atoms with van der Waals surface area (Å²) in [4.78, 5) is 4.03. The van der Waals surface area contributed by atoms with Gasteiger partial charge in [0, 0.05) is 42.9 Å². The lowest BCUT2D eigenvalue weighted by Gasteiger charge is -2.11. The second-order valence-electron chi connectivity index (χ2n) is 3.85. The zero-order chi connectivity index (χ0) is 12.3. The van der Waals surface area contributed by atoms with Crippen molar-refractivity contribution in [2.45, 2.75) is 18.9 Å². The third-order valence-electron chi connectivity index (χ3n) is 2.42. The summed E-state index contributed by atoms with van der Waals surface area (Å²) in [5.41, 5.74) is 1.50. The number of hydrogen-bond donors (Lipinski definition) is 2. The molecular weight excluding hydrogens is 238 g/mol. The van der Waals surface area contributed by atoms with E-state index >= 15 is 0 Å². The predicted molar refractivity (Wildman–Crippen MR) is 68.7 cm³/mol. The Bertz CT molecular complexity index is 455. The lowest BCUT2D eigenvalue weighted by Crippen LogP contribution is -2.03. The molecule has 0 saturated heterocycles. The van der Waals surface area contributed by atoms with E-state index in [1.54, 1.807) is 25.5 Å². The van der Waals surface area contributed by atoms with Crippen LogP contribution < -0.4 is 10.1 Å². The molecule has 17 heavy (non-hydrogen) atoms. The fourth-order valence-corrected chi connectivity index (χ4v) is 1.59. The maximum Gasteiger partial charge on any atom is 0.132 e. The number of halogens is 1. The SMILES string of the molecule is CN/C=C(\C=N)c1cnc(Cl)cc1OC1CC1. The number of pyridine rings is 1. The number of hydrogen-bond acceptors (Lipinski definition) is 4. The molecule has 90 valence electrons. The normalized spacial score (nSPS) is 15.5. The van der Waals surface area contributed by atoms with Crippen molar-refractivity contribution in [1.82, 2.24) is 10.3 Å². The van der Waals surface area contributed by atoms with Gasteiger partial charge in [0.1, 0.15) is 10.9 Å². The van der Waals surface area contributed by atoms with E-state index in [1.807, 2.05) is 0 Å². The van der Waals surface area contributed by atoms with Crippen LogP contribution in [0.1, 0.15) is 18.4 Å². The molecule has 0 bridgehead atoms. The maximum absolute atomic E-state index is 7.40. The second-order valence-corrected chi connectivity index (χ2v) is 4.24. The van der Waals surface area contributed by atoms with Crippen LogP contribution in [0.15, 0.2) is 18.5 Å². The van der Waals surface area contributed by atoms with Gasteiger partial charge >= 0.3 is 0 Å². The largest absolute Gasteiger partial charge is 0.490 e. The minimum atomic E-state index is 0.286. The number of nitrogens with one attached hydrogen (secondary N) is 2. The Labute approximate surface area is 105 Å². The van der Waals surface area contributed by atoms with Crippen LogP contribution in [-0.2, 0) is 0 Å². The van der Waals surface area contributed by atoms with Gasteiger partial charge in [0.2, 0.25) is 0 Å². The Hall–Kier alpha value is -1.55. The van der Waals surface area contributed by atoms with Crippen molar-refractivity contribution in [3.63, 3.8) is 0 Å². The van der Waals surface area contributed by atoms with Crippen LogP contribution in [0.2, 0.25) is 5.15 Å². The third kappa shape index (κ3) is 2.97. The molecule has 5 heteroatoms. The molecule has 1 aromatic rings. The highest BCUT2D eigenvalue weighted by atomic mass is 35.5. The molecule has 0 atom stereocenters. The number of aromatic nitrogens is 1. The molecule has 2 rings (SSSR count). The van der Waals surface area contributed by atoms with Gasteiger partial charge in [0.25, 0.3) is 0 Å². The zero-order valence-corrected chi connectivity index (χ0v) is 10.3. The molecule has 0 aliphatic heterocycles. The first-order valence-electron chi connectivity index (χ1n) is 5.45. The summed E-state index contributed by atoms with van der Waals surface area (Å²) in [5.74, 6) is 0.692. The maximum atomic E-state index is 7.40. The van der Waals surface area contributed by atoms with Crippen LogP contribution in [0.4, 0.5) is 0 Å². The summed E-state index contributed by atoms with van der Waals surface area (Å²) in [6, 6.07) is 1.70. The molecule has 1 fully saturated rings. The van der Waals surface area contributed by atoms with Crippen LogP contribution in [0.25, 0.3) is 5.57 Å². The molecule has 1 aliphatic rings. The van der Waals surface area contributed by atoms with Crippen LogP contribution in [0.5, 0.6) is 5.75 Å². The highest BCUT2D eigenvalue weighted by Crippen LogP contribution is 2.32. The molecule has 0 amide bonds. The fourth-order valence-electron chi connectivity index (χ4n) is 1.45. The number of rotatable bonds is 5. The number of allylic oxidation sites excluding steroid dienone is 1. The van der Waals surface area contributed by atoms with E-state index in [4.69, 9.17) is 21.7 Å². The Balaban J connectivity index is 2.36. The van der Waals surface area contributed by atoms with Crippen LogP contribution in [0.3, 0.4) is 0 Å². The molecular formula is C12H14ClN3O. The predicted octanol–water partition coefficient (Wildman–Crippen LogP) is 2.49. The molecule has 1 aliphatic carbocycles. The third-order valence-corrected chi connectivity index (χ3v) is 2.62. The molecule has 2 N–H and O–H groups in total. The Morgan fingerprint density at radius 2 is 2.41 bits per heavy atom. The van der Waals surface area contributed by atoms with Gasteiger partial charge in [-0.3, -0.25) is 0 Å². The van der Waals surface area contributed by atoms with Gasteiger partial charge in [-0.25, -0.2) is 4.98 Å². The molecule has 0 unspecified atom stereocenters. The molecule has 4 nitrogen and oxygen atoms in total. The first kappa shape index (κ1) is 11.9.